The van der Waals surface area contributed by atoms with Crippen molar-refractivity contribution in [1.82, 2.24) is 20.8 Å². The highest BCUT2D eigenvalue weighted by Crippen LogP contribution is 2.16. The first-order chi connectivity index (χ1) is 13.2. The Kier molecular flexibility index (Phi) is 8.61. The Morgan fingerprint density at radius 1 is 1.19 bits per heavy atom. The van der Waals surface area contributed by atoms with E-state index in [9.17, 15) is 0 Å². The van der Waals surface area contributed by atoms with E-state index >= 15 is 0 Å². The summed E-state index contributed by atoms with van der Waals surface area (Å²) in [5.74, 6) is 2.31. The normalized spacial score (nSPS) is 11.5. The van der Waals surface area contributed by atoms with Gasteiger partial charge in [0.15, 0.2) is 5.96 Å². The second-order valence-electron chi connectivity index (χ2n) is 6.19. The lowest BCUT2D eigenvalue weighted by Crippen LogP contribution is -2.36. The molecular formula is C20H31N5O2. The lowest BCUT2D eigenvalue weighted by molar-refractivity contribution is 0.294. The van der Waals surface area contributed by atoms with Crippen LogP contribution in [0.3, 0.4) is 0 Å². The van der Waals surface area contributed by atoms with Gasteiger partial charge in [-0.05, 0) is 18.9 Å². The Balaban J connectivity index is 1.94. The van der Waals surface area contributed by atoms with Gasteiger partial charge in [-0.1, -0.05) is 38.4 Å². The van der Waals surface area contributed by atoms with Gasteiger partial charge in [-0.15, -0.1) is 0 Å². The van der Waals surface area contributed by atoms with E-state index in [0.717, 1.165) is 48.3 Å². The summed E-state index contributed by atoms with van der Waals surface area (Å²) in [6.45, 7) is 8.18. The summed E-state index contributed by atoms with van der Waals surface area (Å²) in [6.07, 6.45) is 5.54. The number of rotatable bonds is 10. The van der Waals surface area contributed by atoms with Crippen LogP contribution in [-0.4, -0.2) is 29.8 Å². The predicted molar refractivity (Wildman–Crippen MR) is 107 cm³/mol. The fourth-order valence-electron chi connectivity index (χ4n) is 2.71. The highest BCUT2D eigenvalue weighted by atomic mass is 16.5. The lowest BCUT2D eigenvalue weighted by atomic mass is 10.1. The number of hydrogen-bond donors (Lipinski definition) is 2. The molecule has 2 aromatic heterocycles. The van der Waals surface area contributed by atoms with Gasteiger partial charge < -0.3 is 19.9 Å². The molecule has 0 unspecified atom stereocenters. The van der Waals surface area contributed by atoms with Gasteiger partial charge >= 0.3 is 0 Å². The number of aryl methyl sites for hydroxylation is 2. The molecule has 0 atom stereocenters. The smallest absolute Gasteiger partial charge is 0.218 e. The van der Waals surface area contributed by atoms with E-state index in [1.165, 1.54) is 0 Å². The monoisotopic (exact) mass is 373 g/mol. The van der Waals surface area contributed by atoms with E-state index in [-0.39, 0.29) is 0 Å². The minimum Gasteiger partial charge on any atom is -0.477 e. The van der Waals surface area contributed by atoms with Crippen molar-refractivity contribution in [3.63, 3.8) is 0 Å². The number of nitrogens with zero attached hydrogens (tertiary/aromatic N) is 3. The van der Waals surface area contributed by atoms with E-state index in [1.807, 2.05) is 12.1 Å². The number of pyridine rings is 1. The maximum atomic E-state index is 5.79. The van der Waals surface area contributed by atoms with Gasteiger partial charge in [0.1, 0.15) is 5.76 Å². The van der Waals surface area contributed by atoms with Crippen molar-refractivity contribution in [3.8, 4) is 5.88 Å². The van der Waals surface area contributed by atoms with Crippen LogP contribution in [0, 0.1) is 0 Å². The molecule has 2 aromatic rings. The molecule has 0 aliphatic heterocycles. The van der Waals surface area contributed by atoms with Crippen molar-refractivity contribution in [2.75, 3.05) is 13.7 Å². The molecular weight excluding hydrogens is 342 g/mol. The van der Waals surface area contributed by atoms with E-state index in [0.29, 0.717) is 31.5 Å². The maximum absolute atomic E-state index is 5.79. The van der Waals surface area contributed by atoms with Crippen LogP contribution in [0.4, 0.5) is 0 Å². The summed E-state index contributed by atoms with van der Waals surface area (Å²) < 4.78 is 11.2. The van der Waals surface area contributed by atoms with Gasteiger partial charge in [-0.25, -0.2) is 4.98 Å². The molecule has 2 rings (SSSR count). The number of unbranched alkanes of at least 4 members (excludes halogenated alkanes) is 1. The molecule has 0 saturated heterocycles. The third kappa shape index (κ3) is 5.98. The molecule has 0 amide bonds. The molecule has 0 fully saturated rings. The number of ether oxygens (including phenoxy) is 1. The Morgan fingerprint density at radius 3 is 2.70 bits per heavy atom. The average molecular weight is 374 g/mol. The second-order valence-corrected chi connectivity index (χ2v) is 6.19. The molecule has 27 heavy (non-hydrogen) atoms. The molecule has 7 nitrogen and oxygen atoms in total. The first-order valence-electron chi connectivity index (χ1n) is 9.70. The van der Waals surface area contributed by atoms with Crippen LogP contribution >= 0.6 is 0 Å². The molecule has 0 bridgehead atoms. The third-order valence-electron chi connectivity index (χ3n) is 4.30. The molecule has 0 spiro atoms. The summed E-state index contributed by atoms with van der Waals surface area (Å²) in [5.41, 5.74) is 3.12. The second kappa shape index (κ2) is 11.2. The molecule has 0 aliphatic carbocycles. The van der Waals surface area contributed by atoms with Crippen molar-refractivity contribution in [1.29, 1.82) is 0 Å². The SMILES string of the molecule is CCCCOc1ncccc1CNC(=NC)NCc1c(CC)noc1CC. The van der Waals surface area contributed by atoms with Crippen LogP contribution in [0.5, 0.6) is 5.88 Å². The first-order valence-corrected chi connectivity index (χ1v) is 9.70. The highest BCUT2D eigenvalue weighted by Gasteiger charge is 2.14. The van der Waals surface area contributed by atoms with E-state index in [1.54, 1.807) is 13.2 Å². The van der Waals surface area contributed by atoms with Crippen LogP contribution < -0.4 is 15.4 Å². The molecule has 2 N–H and O–H groups in total. The number of nitrogens with one attached hydrogen (secondary N) is 2. The van der Waals surface area contributed by atoms with Crippen LogP contribution in [0.2, 0.25) is 0 Å². The Bertz CT molecular complexity index is 705. The number of guanidine groups is 1. The molecule has 2 heterocycles. The summed E-state index contributed by atoms with van der Waals surface area (Å²) in [4.78, 5) is 8.64. The zero-order valence-electron chi connectivity index (χ0n) is 16.8. The van der Waals surface area contributed by atoms with Crippen LogP contribution in [0.25, 0.3) is 0 Å². The molecule has 0 saturated carbocycles. The van der Waals surface area contributed by atoms with E-state index in [2.05, 4.69) is 46.5 Å². The Hall–Kier alpha value is -2.57. The quantitative estimate of drug-likeness (QED) is 0.378. The summed E-state index contributed by atoms with van der Waals surface area (Å²) in [5, 5.41) is 10.8. The van der Waals surface area contributed by atoms with E-state index in [4.69, 9.17) is 9.26 Å². The summed E-state index contributed by atoms with van der Waals surface area (Å²) in [7, 11) is 1.76. The zero-order valence-corrected chi connectivity index (χ0v) is 16.8. The van der Waals surface area contributed by atoms with Crippen molar-refractivity contribution < 1.29 is 9.26 Å². The van der Waals surface area contributed by atoms with Crippen LogP contribution in [0.15, 0.2) is 27.8 Å². The Labute approximate surface area is 161 Å². The summed E-state index contributed by atoms with van der Waals surface area (Å²) in [6, 6.07) is 3.93. The third-order valence-corrected chi connectivity index (χ3v) is 4.30. The first kappa shape index (κ1) is 20.7. The molecule has 7 heteroatoms. The minimum atomic E-state index is 0.583. The van der Waals surface area contributed by atoms with Crippen molar-refractivity contribution in [3.05, 3.63) is 40.9 Å². The standard InChI is InChI=1S/C20H31N5O2/c1-5-8-12-26-19-15(10-9-11-22-19)13-23-20(21-4)24-14-16-17(6-2)25-27-18(16)7-3/h9-11H,5-8,12-14H2,1-4H3,(H2,21,23,24). The van der Waals surface area contributed by atoms with Gasteiger partial charge in [-0.3, -0.25) is 4.99 Å². The van der Waals surface area contributed by atoms with Gasteiger partial charge in [0.2, 0.25) is 5.88 Å². The molecule has 0 aromatic carbocycles. The van der Waals surface area contributed by atoms with E-state index < -0.39 is 0 Å². The van der Waals surface area contributed by atoms with Crippen molar-refractivity contribution >= 4 is 5.96 Å². The number of aromatic nitrogens is 2. The van der Waals surface area contributed by atoms with Crippen molar-refractivity contribution in [2.45, 2.75) is 59.5 Å². The fourth-order valence-corrected chi connectivity index (χ4v) is 2.71. The van der Waals surface area contributed by atoms with Crippen LogP contribution in [-0.2, 0) is 25.9 Å². The largest absolute Gasteiger partial charge is 0.477 e. The molecule has 148 valence electrons. The fraction of sp³-hybridized carbons (Fsp3) is 0.550. The number of aliphatic imine (C=N–C) groups is 1. The maximum Gasteiger partial charge on any atom is 0.218 e. The summed E-state index contributed by atoms with van der Waals surface area (Å²) >= 11 is 0. The Morgan fingerprint density at radius 2 is 2.00 bits per heavy atom. The van der Waals surface area contributed by atoms with Gasteiger partial charge in [0, 0.05) is 43.9 Å². The average Bonchev–Trinajstić information content (AvgIpc) is 3.11. The zero-order chi connectivity index (χ0) is 19.5. The van der Waals surface area contributed by atoms with Gasteiger partial charge in [0.25, 0.3) is 0 Å². The minimum absolute atomic E-state index is 0.583. The van der Waals surface area contributed by atoms with Crippen molar-refractivity contribution in [2.24, 2.45) is 4.99 Å². The van der Waals surface area contributed by atoms with Gasteiger partial charge in [0.05, 0.1) is 12.3 Å². The van der Waals surface area contributed by atoms with Crippen LogP contribution in [0.1, 0.15) is 56.2 Å². The number of hydrogen-bond acceptors (Lipinski definition) is 5. The molecule has 0 aliphatic rings. The lowest BCUT2D eigenvalue weighted by Gasteiger charge is -2.14. The predicted octanol–water partition coefficient (Wildman–Crippen LogP) is 3.24. The topological polar surface area (TPSA) is 84.6 Å². The molecule has 0 radical (unpaired) electrons. The van der Waals surface area contributed by atoms with Gasteiger partial charge in [-0.2, -0.15) is 0 Å². The highest BCUT2D eigenvalue weighted by molar-refractivity contribution is 5.79.